The Morgan fingerprint density at radius 2 is 1.75 bits per heavy atom. The molecule has 0 fully saturated rings. The Bertz CT molecular complexity index is 1120. The van der Waals surface area contributed by atoms with Crippen LogP contribution in [0.15, 0.2) is 66.7 Å². The fraction of sp³-hybridized carbons (Fsp3) is 0.167. The van der Waals surface area contributed by atoms with Gasteiger partial charge in [-0.2, -0.15) is 0 Å². The second-order valence-electron chi connectivity index (χ2n) is 7.33. The third kappa shape index (κ3) is 5.40. The predicted molar refractivity (Wildman–Crippen MR) is 113 cm³/mol. The van der Waals surface area contributed by atoms with Gasteiger partial charge in [0.15, 0.2) is 6.61 Å². The van der Waals surface area contributed by atoms with Crippen molar-refractivity contribution in [1.82, 2.24) is 4.90 Å². The highest BCUT2D eigenvalue weighted by Gasteiger charge is 2.22. The van der Waals surface area contributed by atoms with Gasteiger partial charge in [-0.05, 0) is 41.5 Å². The number of nitrogens with zero attached hydrogens (tertiary/aromatic N) is 1. The van der Waals surface area contributed by atoms with Gasteiger partial charge in [-0.3, -0.25) is 10.1 Å². The molecule has 0 saturated carbocycles. The lowest BCUT2D eigenvalue weighted by atomic mass is 10.1. The number of benzene rings is 3. The molecule has 2 amide bonds. The molecule has 0 aliphatic carbocycles. The third-order valence-corrected chi connectivity index (χ3v) is 4.88. The summed E-state index contributed by atoms with van der Waals surface area (Å²) in [4.78, 5) is 26.0. The van der Waals surface area contributed by atoms with E-state index in [1.54, 1.807) is 18.2 Å². The van der Waals surface area contributed by atoms with E-state index < -0.39 is 17.7 Å². The van der Waals surface area contributed by atoms with Crippen molar-refractivity contribution >= 4 is 17.7 Å². The maximum absolute atomic E-state index is 13.5. The van der Waals surface area contributed by atoms with Gasteiger partial charge in [0.25, 0.3) is 5.91 Å². The van der Waals surface area contributed by atoms with Crippen molar-refractivity contribution in [2.24, 2.45) is 0 Å². The van der Waals surface area contributed by atoms with Crippen molar-refractivity contribution in [2.75, 3.05) is 11.9 Å². The molecule has 6 nitrogen and oxygen atoms in total. The van der Waals surface area contributed by atoms with Crippen molar-refractivity contribution in [1.29, 1.82) is 0 Å². The van der Waals surface area contributed by atoms with E-state index in [0.29, 0.717) is 22.6 Å². The van der Waals surface area contributed by atoms with Crippen LogP contribution in [0.3, 0.4) is 0 Å². The van der Waals surface area contributed by atoms with Gasteiger partial charge in [0, 0.05) is 30.4 Å². The van der Waals surface area contributed by atoms with Crippen molar-refractivity contribution in [3.63, 3.8) is 0 Å². The van der Waals surface area contributed by atoms with Gasteiger partial charge >= 0.3 is 6.09 Å². The maximum Gasteiger partial charge on any atom is 0.411 e. The molecule has 1 aliphatic heterocycles. The van der Waals surface area contributed by atoms with E-state index in [-0.39, 0.29) is 32.2 Å². The summed E-state index contributed by atoms with van der Waals surface area (Å²) in [5.74, 6) is -1.24. The summed E-state index contributed by atoms with van der Waals surface area (Å²) in [7, 11) is 0. The molecule has 1 aliphatic rings. The molecule has 1 heterocycles. The average molecular weight is 438 g/mol. The smallest absolute Gasteiger partial charge is 0.411 e. The Balaban J connectivity index is 1.44. The summed E-state index contributed by atoms with van der Waals surface area (Å²) < 4.78 is 37.8. The monoisotopic (exact) mass is 438 g/mol. The lowest BCUT2D eigenvalue weighted by Crippen LogP contribution is -2.31. The summed E-state index contributed by atoms with van der Waals surface area (Å²) in [6, 6.07) is 17.4. The zero-order valence-electron chi connectivity index (χ0n) is 17.0. The van der Waals surface area contributed by atoms with Gasteiger partial charge in [0.05, 0.1) is 0 Å². The highest BCUT2D eigenvalue weighted by atomic mass is 19.1. The van der Waals surface area contributed by atoms with E-state index >= 15 is 0 Å². The molecular weight excluding hydrogens is 418 g/mol. The first-order valence-electron chi connectivity index (χ1n) is 9.92. The number of rotatable bonds is 5. The Kier molecular flexibility index (Phi) is 6.30. The predicted octanol–water partition coefficient (Wildman–Crippen LogP) is 4.63. The first-order chi connectivity index (χ1) is 15.5. The number of carbonyl (C=O) groups excluding carboxylic acids is 2. The number of halogens is 2. The summed E-state index contributed by atoms with van der Waals surface area (Å²) in [6.45, 7) is 0.109. The van der Waals surface area contributed by atoms with Crippen molar-refractivity contribution in [3.05, 3.63) is 95.1 Å². The van der Waals surface area contributed by atoms with Crippen LogP contribution in [0.2, 0.25) is 0 Å². The lowest BCUT2D eigenvalue weighted by Gasteiger charge is -2.20. The van der Waals surface area contributed by atoms with Crippen molar-refractivity contribution < 1.29 is 27.8 Å². The lowest BCUT2D eigenvalue weighted by molar-refractivity contribution is -0.133. The molecule has 1 N–H and O–H groups in total. The van der Waals surface area contributed by atoms with Gasteiger partial charge in [0.1, 0.15) is 24.0 Å². The molecule has 32 heavy (non-hydrogen) atoms. The van der Waals surface area contributed by atoms with Crippen LogP contribution in [0.1, 0.15) is 16.7 Å². The zero-order valence-corrected chi connectivity index (χ0v) is 17.0. The van der Waals surface area contributed by atoms with Gasteiger partial charge in [-0.25, -0.2) is 13.6 Å². The Morgan fingerprint density at radius 3 is 2.50 bits per heavy atom. The topological polar surface area (TPSA) is 67.9 Å². The minimum absolute atomic E-state index is 0.0209. The second kappa shape index (κ2) is 9.47. The summed E-state index contributed by atoms with van der Waals surface area (Å²) in [5, 5.41) is 2.65. The fourth-order valence-electron chi connectivity index (χ4n) is 3.39. The minimum atomic E-state index is -0.709. The van der Waals surface area contributed by atoms with E-state index in [9.17, 15) is 18.4 Å². The Hall–Kier alpha value is -3.94. The number of anilines is 1. The van der Waals surface area contributed by atoms with Crippen LogP contribution in [-0.2, 0) is 29.2 Å². The van der Waals surface area contributed by atoms with Gasteiger partial charge in [-0.15, -0.1) is 0 Å². The van der Waals surface area contributed by atoms with Crippen molar-refractivity contribution in [3.8, 4) is 5.75 Å². The van der Waals surface area contributed by atoms with E-state index in [2.05, 4.69) is 5.32 Å². The van der Waals surface area contributed by atoms with Crippen LogP contribution in [0.4, 0.5) is 19.3 Å². The van der Waals surface area contributed by atoms with Crippen LogP contribution in [0.25, 0.3) is 0 Å². The molecule has 0 unspecified atom stereocenters. The zero-order chi connectivity index (χ0) is 22.5. The summed E-state index contributed by atoms with van der Waals surface area (Å²) in [6.07, 6.45) is -0.619. The first-order valence-corrected chi connectivity index (χ1v) is 9.92. The molecule has 3 aromatic carbocycles. The normalized spacial score (nSPS) is 13.1. The van der Waals surface area contributed by atoms with Crippen LogP contribution in [0.5, 0.6) is 5.75 Å². The van der Waals surface area contributed by atoms with Crippen LogP contribution in [0, 0.1) is 11.6 Å². The molecule has 0 aromatic heterocycles. The number of hydrogen-bond donors (Lipinski definition) is 1. The fourth-order valence-corrected chi connectivity index (χ4v) is 3.39. The van der Waals surface area contributed by atoms with Crippen LogP contribution < -0.4 is 10.1 Å². The number of nitrogens with one attached hydrogen (secondary N) is 1. The quantitative estimate of drug-likeness (QED) is 0.631. The van der Waals surface area contributed by atoms with E-state index in [1.807, 2.05) is 30.3 Å². The van der Waals surface area contributed by atoms with Gasteiger partial charge < -0.3 is 14.4 Å². The highest BCUT2D eigenvalue weighted by molar-refractivity contribution is 5.85. The maximum atomic E-state index is 13.5. The molecule has 0 spiro atoms. The molecule has 0 saturated heterocycles. The Labute approximate surface area is 183 Å². The number of ether oxygens (including phenoxy) is 2. The molecular formula is C24H20F2N2O4. The molecule has 0 atom stereocenters. The largest absolute Gasteiger partial charge is 0.483 e. The SMILES string of the molecule is O=C(Nc1ccc2c(c1)CN(Cc1cc(F)cc(F)c1)C(=O)CO2)OCc1ccccc1. The molecule has 164 valence electrons. The van der Waals surface area contributed by atoms with Gasteiger partial charge in [-0.1, -0.05) is 30.3 Å². The number of fused-ring (bicyclic) bond motifs is 1. The molecule has 4 rings (SSSR count). The molecule has 3 aromatic rings. The highest BCUT2D eigenvalue weighted by Crippen LogP contribution is 2.28. The van der Waals surface area contributed by atoms with E-state index in [0.717, 1.165) is 11.6 Å². The second-order valence-corrected chi connectivity index (χ2v) is 7.33. The summed E-state index contributed by atoms with van der Waals surface area (Å²) in [5.41, 5.74) is 2.31. The van der Waals surface area contributed by atoms with Crippen LogP contribution in [-0.4, -0.2) is 23.5 Å². The molecule has 8 heteroatoms. The summed E-state index contributed by atoms with van der Waals surface area (Å²) >= 11 is 0. The van der Waals surface area contributed by atoms with Gasteiger partial charge in [0.2, 0.25) is 0 Å². The standard InChI is InChI=1S/C24H20F2N2O4/c25-19-8-17(9-20(26)11-19)12-28-13-18-10-21(6-7-22(18)31-15-23(28)29)27-24(30)32-14-16-4-2-1-3-5-16/h1-11H,12-15H2,(H,27,30). The minimum Gasteiger partial charge on any atom is -0.483 e. The Morgan fingerprint density at radius 1 is 1.00 bits per heavy atom. The van der Waals surface area contributed by atoms with Crippen molar-refractivity contribution in [2.45, 2.75) is 19.7 Å². The van der Waals surface area contributed by atoms with Crippen LogP contribution >= 0.6 is 0 Å². The number of carbonyl (C=O) groups is 2. The van der Waals surface area contributed by atoms with E-state index in [1.165, 1.54) is 17.0 Å². The number of hydrogen-bond acceptors (Lipinski definition) is 4. The number of amides is 2. The van der Waals surface area contributed by atoms with E-state index in [4.69, 9.17) is 9.47 Å². The average Bonchev–Trinajstić information content (AvgIpc) is 2.91. The first kappa shape index (κ1) is 21.3. The molecule has 0 bridgehead atoms. The molecule has 0 radical (unpaired) electrons. The third-order valence-electron chi connectivity index (χ3n) is 4.88.